The maximum absolute atomic E-state index is 4.60. The topological polar surface area (TPSA) is 41.1 Å². The predicted molar refractivity (Wildman–Crippen MR) is 81.2 cm³/mol. The maximum Gasteiger partial charge on any atom is 0.141 e. The van der Waals surface area contributed by atoms with Crippen LogP contribution in [0.2, 0.25) is 0 Å². The number of hydrogen-bond donors (Lipinski definition) is 1. The summed E-state index contributed by atoms with van der Waals surface area (Å²) in [6.45, 7) is 9.77. The summed E-state index contributed by atoms with van der Waals surface area (Å²) >= 11 is 1.77. The summed E-state index contributed by atoms with van der Waals surface area (Å²) in [5.74, 6) is 1.13. The average molecular weight is 276 g/mol. The van der Waals surface area contributed by atoms with Gasteiger partial charge in [-0.05, 0) is 25.8 Å². The molecule has 2 aromatic rings. The van der Waals surface area contributed by atoms with Crippen LogP contribution in [0.15, 0.2) is 6.33 Å². The van der Waals surface area contributed by atoms with E-state index in [2.05, 4.69) is 41.0 Å². The first kappa shape index (κ1) is 12.8. The van der Waals surface area contributed by atoms with Crippen LogP contribution in [0.5, 0.6) is 0 Å². The summed E-state index contributed by atoms with van der Waals surface area (Å²) in [6, 6.07) is 0.581. The van der Waals surface area contributed by atoms with Gasteiger partial charge in [0, 0.05) is 24.5 Å². The quantitative estimate of drug-likeness (QED) is 0.931. The molecule has 0 atom stereocenters. The molecule has 2 aromatic heterocycles. The molecule has 0 saturated carbocycles. The van der Waals surface area contributed by atoms with Crippen LogP contribution in [-0.4, -0.2) is 35.6 Å². The number of nitrogens with one attached hydrogen (secondary N) is 1. The third-order valence-electron chi connectivity index (χ3n) is 3.88. The Labute approximate surface area is 117 Å². The smallest absolute Gasteiger partial charge is 0.141 e. The Morgan fingerprint density at radius 3 is 2.79 bits per heavy atom. The summed E-state index contributed by atoms with van der Waals surface area (Å²) in [5.41, 5.74) is 1.34. The fraction of sp³-hybridized carbons (Fsp3) is 0.571. The van der Waals surface area contributed by atoms with Crippen LogP contribution in [0.3, 0.4) is 0 Å². The van der Waals surface area contributed by atoms with Gasteiger partial charge < -0.3 is 10.2 Å². The van der Waals surface area contributed by atoms with E-state index in [0.717, 1.165) is 36.7 Å². The highest BCUT2D eigenvalue weighted by atomic mass is 32.1. The summed E-state index contributed by atoms with van der Waals surface area (Å²) in [5, 5.41) is 4.61. The van der Waals surface area contributed by atoms with Gasteiger partial charge >= 0.3 is 0 Å². The molecule has 0 amide bonds. The van der Waals surface area contributed by atoms with Gasteiger partial charge in [-0.15, -0.1) is 11.3 Å². The molecule has 1 aliphatic rings. The molecule has 1 fully saturated rings. The molecule has 1 aliphatic heterocycles. The van der Waals surface area contributed by atoms with Crippen LogP contribution in [0.4, 0.5) is 5.82 Å². The van der Waals surface area contributed by atoms with Crippen LogP contribution in [0.1, 0.15) is 23.8 Å². The van der Waals surface area contributed by atoms with Gasteiger partial charge in [-0.3, -0.25) is 0 Å². The number of anilines is 1. The van der Waals surface area contributed by atoms with Crippen LogP contribution < -0.4 is 10.2 Å². The Kier molecular flexibility index (Phi) is 3.41. The van der Waals surface area contributed by atoms with Gasteiger partial charge in [0.05, 0.1) is 11.4 Å². The van der Waals surface area contributed by atoms with E-state index in [-0.39, 0.29) is 0 Å². The minimum atomic E-state index is 0.581. The Morgan fingerprint density at radius 1 is 1.37 bits per heavy atom. The first-order valence-corrected chi connectivity index (χ1v) is 7.72. The average Bonchev–Trinajstić information content (AvgIpc) is 2.63. The molecule has 0 spiro atoms. The lowest BCUT2D eigenvalue weighted by molar-refractivity contribution is 0.411. The van der Waals surface area contributed by atoms with E-state index in [1.165, 1.54) is 15.8 Å². The van der Waals surface area contributed by atoms with E-state index in [4.69, 9.17) is 0 Å². The predicted octanol–water partition coefficient (Wildman–Crippen LogP) is 2.50. The molecule has 0 aromatic carbocycles. The fourth-order valence-corrected chi connectivity index (χ4v) is 3.57. The summed E-state index contributed by atoms with van der Waals surface area (Å²) < 4.78 is 0. The Bertz CT molecular complexity index is 588. The van der Waals surface area contributed by atoms with Crippen molar-refractivity contribution in [3.05, 3.63) is 16.8 Å². The summed E-state index contributed by atoms with van der Waals surface area (Å²) in [7, 11) is 0. The summed E-state index contributed by atoms with van der Waals surface area (Å²) in [6.07, 6.45) is 2.85. The molecule has 0 unspecified atom stereocenters. The Morgan fingerprint density at radius 2 is 2.16 bits per heavy atom. The normalized spacial score (nSPS) is 15.7. The number of fused-ring (bicyclic) bond motifs is 1. The van der Waals surface area contributed by atoms with Crippen LogP contribution >= 0.6 is 11.3 Å². The second-order valence-corrected chi connectivity index (χ2v) is 6.37. The molecule has 19 heavy (non-hydrogen) atoms. The first-order chi connectivity index (χ1) is 9.22. The second-order valence-electron chi connectivity index (χ2n) is 5.17. The van der Waals surface area contributed by atoms with E-state index in [1.54, 1.807) is 17.7 Å². The van der Waals surface area contributed by atoms with Crippen molar-refractivity contribution in [2.75, 3.05) is 24.5 Å². The van der Waals surface area contributed by atoms with Gasteiger partial charge in [0.25, 0.3) is 0 Å². The van der Waals surface area contributed by atoms with Crippen molar-refractivity contribution in [3.8, 4) is 0 Å². The monoisotopic (exact) mass is 276 g/mol. The highest BCUT2D eigenvalue weighted by molar-refractivity contribution is 7.18. The van der Waals surface area contributed by atoms with Gasteiger partial charge in [0.1, 0.15) is 17.0 Å². The zero-order chi connectivity index (χ0) is 13.4. The number of rotatable bonds is 4. The molecule has 3 heterocycles. The molecule has 102 valence electrons. The third kappa shape index (κ3) is 2.11. The zero-order valence-corrected chi connectivity index (χ0v) is 12.5. The van der Waals surface area contributed by atoms with Gasteiger partial charge in [-0.2, -0.15) is 0 Å². The Balaban J connectivity index is 2.11. The van der Waals surface area contributed by atoms with Crippen molar-refractivity contribution in [2.45, 2.75) is 33.2 Å². The zero-order valence-electron chi connectivity index (χ0n) is 11.7. The molecule has 5 heteroatoms. The molecular weight excluding hydrogens is 256 g/mol. The molecule has 1 N–H and O–H groups in total. The van der Waals surface area contributed by atoms with Gasteiger partial charge in [0.2, 0.25) is 0 Å². The van der Waals surface area contributed by atoms with Crippen molar-refractivity contribution in [1.29, 1.82) is 0 Å². The number of aryl methyl sites for hydroxylation is 2. The van der Waals surface area contributed by atoms with Gasteiger partial charge in [-0.1, -0.05) is 6.92 Å². The van der Waals surface area contributed by atoms with Crippen LogP contribution in [-0.2, 0) is 0 Å². The van der Waals surface area contributed by atoms with E-state index in [9.17, 15) is 0 Å². The van der Waals surface area contributed by atoms with Crippen molar-refractivity contribution in [2.24, 2.45) is 0 Å². The number of nitrogens with zero attached hydrogens (tertiary/aromatic N) is 3. The minimum Gasteiger partial charge on any atom is -0.350 e. The molecular formula is C14H20N4S. The highest BCUT2D eigenvalue weighted by Gasteiger charge is 2.27. The van der Waals surface area contributed by atoms with Crippen molar-refractivity contribution >= 4 is 27.4 Å². The fourth-order valence-electron chi connectivity index (χ4n) is 2.58. The van der Waals surface area contributed by atoms with Crippen molar-refractivity contribution in [1.82, 2.24) is 15.3 Å². The van der Waals surface area contributed by atoms with Crippen molar-refractivity contribution in [3.63, 3.8) is 0 Å². The largest absolute Gasteiger partial charge is 0.350 e. The summed E-state index contributed by atoms with van der Waals surface area (Å²) in [4.78, 5) is 14.0. The number of aromatic nitrogens is 2. The van der Waals surface area contributed by atoms with Crippen LogP contribution in [0, 0.1) is 13.8 Å². The first-order valence-electron chi connectivity index (χ1n) is 6.90. The van der Waals surface area contributed by atoms with E-state index < -0.39 is 0 Å². The maximum atomic E-state index is 4.60. The lowest BCUT2D eigenvalue weighted by atomic mass is 10.1. The van der Waals surface area contributed by atoms with Crippen molar-refractivity contribution < 1.29 is 0 Å². The molecule has 0 bridgehead atoms. The minimum absolute atomic E-state index is 0.581. The molecule has 0 aliphatic carbocycles. The standard InChI is InChI=1S/C14H20N4S/c1-4-5-18(11-6-15-7-11)13-12-9(2)10(3)19-14(12)17-8-16-13/h8,11,15H,4-7H2,1-3H3. The third-order valence-corrected chi connectivity index (χ3v) is 5.00. The molecule has 0 radical (unpaired) electrons. The molecule has 1 saturated heterocycles. The Hall–Kier alpha value is -1.20. The van der Waals surface area contributed by atoms with Crippen LogP contribution in [0.25, 0.3) is 10.2 Å². The number of hydrogen-bond acceptors (Lipinski definition) is 5. The van der Waals surface area contributed by atoms with Gasteiger partial charge in [-0.25, -0.2) is 9.97 Å². The highest BCUT2D eigenvalue weighted by Crippen LogP contribution is 2.35. The SMILES string of the molecule is CCCN(c1ncnc2sc(C)c(C)c12)C1CNC1. The van der Waals surface area contributed by atoms with E-state index >= 15 is 0 Å². The lowest BCUT2D eigenvalue weighted by Gasteiger charge is -2.39. The lowest BCUT2D eigenvalue weighted by Crippen LogP contribution is -2.57. The van der Waals surface area contributed by atoms with E-state index in [0.29, 0.717) is 6.04 Å². The van der Waals surface area contributed by atoms with E-state index in [1.807, 2.05) is 0 Å². The van der Waals surface area contributed by atoms with Gasteiger partial charge in [0.15, 0.2) is 0 Å². The second kappa shape index (κ2) is 5.06. The molecule has 3 rings (SSSR count). The number of thiophene rings is 1. The molecule has 4 nitrogen and oxygen atoms in total.